The van der Waals surface area contributed by atoms with E-state index in [1.165, 1.54) is 0 Å². The molecule has 0 amide bonds. The van der Waals surface area contributed by atoms with Crippen LogP contribution in [0.15, 0.2) is 28.7 Å². The van der Waals surface area contributed by atoms with Crippen LogP contribution in [-0.2, 0) is 6.54 Å². The molecule has 2 N–H and O–H groups in total. The van der Waals surface area contributed by atoms with Gasteiger partial charge in [-0.15, -0.1) is 11.3 Å². The first-order valence-electron chi connectivity index (χ1n) is 6.58. The highest BCUT2D eigenvalue weighted by molar-refractivity contribution is 7.80. The topological polar surface area (TPSA) is 67.8 Å². The van der Waals surface area contributed by atoms with Crippen molar-refractivity contribution < 1.29 is 9.47 Å². The fraction of sp³-hybridized carbons (Fsp3) is 0.214. The summed E-state index contributed by atoms with van der Waals surface area (Å²) in [6.07, 6.45) is 1.64. The highest BCUT2D eigenvalue weighted by Gasteiger charge is 2.12. The molecule has 1 aromatic heterocycles. The van der Waals surface area contributed by atoms with Crippen molar-refractivity contribution in [3.8, 4) is 11.5 Å². The molecule has 2 heterocycles. The molecule has 0 fully saturated rings. The van der Waals surface area contributed by atoms with Crippen LogP contribution in [-0.4, -0.2) is 23.1 Å². The summed E-state index contributed by atoms with van der Waals surface area (Å²) < 4.78 is 10.6. The molecule has 0 atom stereocenters. The van der Waals surface area contributed by atoms with Crippen molar-refractivity contribution >= 4 is 34.9 Å². The second-order valence-corrected chi connectivity index (χ2v) is 6.00. The van der Waals surface area contributed by atoms with Gasteiger partial charge >= 0.3 is 0 Å². The lowest BCUT2D eigenvalue weighted by molar-refractivity contribution is 0.174. The van der Waals surface area contributed by atoms with E-state index in [-0.39, 0.29) is 6.79 Å². The molecular weight excluding hydrogens is 320 g/mol. The van der Waals surface area contributed by atoms with Crippen molar-refractivity contribution in [3.63, 3.8) is 0 Å². The van der Waals surface area contributed by atoms with Gasteiger partial charge in [-0.05, 0) is 36.8 Å². The summed E-state index contributed by atoms with van der Waals surface area (Å²) in [6.45, 7) is 2.80. The van der Waals surface area contributed by atoms with Crippen molar-refractivity contribution in [2.75, 3.05) is 6.79 Å². The summed E-state index contributed by atoms with van der Waals surface area (Å²) in [5.41, 5.74) is 4.62. The SMILES string of the molecule is Cc1nc(/C=N\NC(=S)NCc2ccc3c(c2)OCO3)cs1. The van der Waals surface area contributed by atoms with Gasteiger partial charge in [-0.25, -0.2) is 4.98 Å². The monoisotopic (exact) mass is 334 g/mol. The quantitative estimate of drug-likeness (QED) is 0.507. The molecular formula is C14H14N4O2S2. The van der Waals surface area contributed by atoms with E-state index >= 15 is 0 Å². The molecule has 0 radical (unpaired) electrons. The lowest BCUT2D eigenvalue weighted by atomic mass is 10.2. The summed E-state index contributed by atoms with van der Waals surface area (Å²) in [6, 6.07) is 5.78. The Labute approximate surface area is 137 Å². The minimum absolute atomic E-state index is 0.275. The van der Waals surface area contributed by atoms with Gasteiger partial charge in [0, 0.05) is 11.9 Å². The molecule has 22 heavy (non-hydrogen) atoms. The minimum atomic E-state index is 0.275. The molecule has 0 unspecified atom stereocenters. The molecule has 6 nitrogen and oxygen atoms in total. The van der Waals surface area contributed by atoms with Crippen molar-refractivity contribution in [1.29, 1.82) is 0 Å². The Morgan fingerprint density at radius 3 is 3.14 bits per heavy atom. The van der Waals surface area contributed by atoms with Gasteiger partial charge in [-0.3, -0.25) is 5.43 Å². The Morgan fingerprint density at radius 1 is 1.45 bits per heavy atom. The minimum Gasteiger partial charge on any atom is -0.454 e. The fourth-order valence-electron chi connectivity index (χ4n) is 1.87. The van der Waals surface area contributed by atoms with Crippen LogP contribution in [0, 0.1) is 6.92 Å². The molecule has 114 valence electrons. The molecule has 0 bridgehead atoms. The number of fused-ring (bicyclic) bond motifs is 1. The van der Waals surface area contributed by atoms with E-state index < -0.39 is 0 Å². The molecule has 1 aromatic carbocycles. The van der Waals surface area contributed by atoms with Crippen LogP contribution in [0.2, 0.25) is 0 Å². The van der Waals surface area contributed by atoms with E-state index in [0.29, 0.717) is 11.7 Å². The molecule has 0 aliphatic carbocycles. The normalized spacial score (nSPS) is 12.6. The van der Waals surface area contributed by atoms with E-state index in [9.17, 15) is 0 Å². The second kappa shape index (κ2) is 6.71. The number of ether oxygens (including phenoxy) is 2. The molecule has 1 aliphatic rings. The summed E-state index contributed by atoms with van der Waals surface area (Å²) in [7, 11) is 0. The van der Waals surface area contributed by atoms with E-state index in [2.05, 4.69) is 20.8 Å². The van der Waals surface area contributed by atoms with E-state index in [4.69, 9.17) is 21.7 Å². The third-order valence-corrected chi connectivity index (χ3v) is 3.92. The number of thiocarbonyl (C=S) groups is 1. The van der Waals surface area contributed by atoms with Gasteiger partial charge in [-0.2, -0.15) is 5.10 Å². The molecule has 0 spiro atoms. The zero-order chi connectivity index (χ0) is 15.4. The number of aryl methyl sites for hydroxylation is 1. The van der Waals surface area contributed by atoms with Gasteiger partial charge < -0.3 is 14.8 Å². The van der Waals surface area contributed by atoms with Crippen LogP contribution >= 0.6 is 23.6 Å². The zero-order valence-corrected chi connectivity index (χ0v) is 13.5. The largest absolute Gasteiger partial charge is 0.454 e. The average molecular weight is 334 g/mol. The number of hydrogen-bond acceptors (Lipinski definition) is 6. The first-order valence-corrected chi connectivity index (χ1v) is 7.87. The zero-order valence-electron chi connectivity index (χ0n) is 11.8. The van der Waals surface area contributed by atoms with Crippen LogP contribution < -0.4 is 20.2 Å². The Balaban J connectivity index is 1.47. The molecule has 0 saturated heterocycles. The number of nitrogens with zero attached hydrogens (tertiary/aromatic N) is 2. The summed E-state index contributed by atoms with van der Waals surface area (Å²) in [5.74, 6) is 1.53. The Morgan fingerprint density at radius 2 is 2.32 bits per heavy atom. The van der Waals surface area contributed by atoms with Gasteiger partial charge in [0.05, 0.1) is 16.9 Å². The van der Waals surface area contributed by atoms with Crippen LogP contribution in [0.4, 0.5) is 0 Å². The van der Waals surface area contributed by atoms with Crippen molar-refractivity contribution in [3.05, 3.63) is 39.8 Å². The predicted molar refractivity (Wildman–Crippen MR) is 89.6 cm³/mol. The fourth-order valence-corrected chi connectivity index (χ4v) is 2.56. The number of rotatable bonds is 4. The lowest BCUT2D eigenvalue weighted by Gasteiger charge is -2.07. The first-order chi connectivity index (χ1) is 10.7. The van der Waals surface area contributed by atoms with Crippen LogP contribution in [0.3, 0.4) is 0 Å². The van der Waals surface area contributed by atoms with Gasteiger partial charge in [0.2, 0.25) is 6.79 Å². The number of hydrazone groups is 1. The molecule has 8 heteroatoms. The van der Waals surface area contributed by atoms with Crippen LogP contribution in [0.1, 0.15) is 16.3 Å². The van der Waals surface area contributed by atoms with Crippen LogP contribution in [0.5, 0.6) is 11.5 Å². The van der Waals surface area contributed by atoms with Crippen molar-refractivity contribution in [2.45, 2.75) is 13.5 Å². The highest BCUT2D eigenvalue weighted by atomic mass is 32.1. The highest BCUT2D eigenvalue weighted by Crippen LogP contribution is 2.32. The summed E-state index contributed by atoms with van der Waals surface area (Å²) in [4.78, 5) is 4.27. The molecule has 3 rings (SSSR count). The predicted octanol–water partition coefficient (Wildman–Crippen LogP) is 2.18. The van der Waals surface area contributed by atoms with Crippen molar-refractivity contribution in [1.82, 2.24) is 15.7 Å². The first kappa shape index (κ1) is 14.7. The molecule has 0 saturated carbocycles. The van der Waals surface area contributed by atoms with E-state index in [1.807, 2.05) is 30.5 Å². The lowest BCUT2D eigenvalue weighted by Crippen LogP contribution is -2.31. The Kier molecular flexibility index (Phi) is 4.50. The third kappa shape index (κ3) is 3.71. The second-order valence-electron chi connectivity index (χ2n) is 4.53. The summed E-state index contributed by atoms with van der Waals surface area (Å²) in [5, 5.41) is 10.5. The van der Waals surface area contributed by atoms with Gasteiger partial charge in [0.1, 0.15) is 0 Å². The number of nitrogens with one attached hydrogen (secondary N) is 2. The van der Waals surface area contributed by atoms with Crippen molar-refractivity contribution in [2.24, 2.45) is 5.10 Å². The third-order valence-electron chi connectivity index (χ3n) is 2.89. The smallest absolute Gasteiger partial charge is 0.231 e. The van der Waals surface area contributed by atoms with E-state index in [0.717, 1.165) is 27.8 Å². The number of benzene rings is 1. The standard InChI is InChI=1S/C14H14N4O2S2/c1-9-17-11(7-22-9)6-16-18-14(21)15-5-10-2-3-12-13(4-10)20-8-19-12/h2-4,6-7H,5,8H2,1H3,(H2,15,18,21)/b16-6-. The maximum atomic E-state index is 5.33. The summed E-state index contributed by atoms with van der Waals surface area (Å²) >= 11 is 6.74. The number of hydrogen-bond donors (Lipinski definition) is 2. The van der Waals surface area contributed by atoms with Gasteiger partial charge in [0.15, 0.2) is 16.6 Å². The maximum absolute atomic E-state index is 5.33. The van der Waals surface area contributed by atoms with E-state index in [1.54, 1.807) is 17.6 Å². The van der Waals surface area contributed by atoms with Crippen LogP contribution in [0.25, 0.3) is 0 Å². The Bertz CT molecular complexity index is 715. The molecule has 1 aliphatic heterocycles. The maximum Gasteiger partial charge on any atom is 0.231 e. The Hall–Kier alpha value is -2.19. The average Bonchev–Trinajstić information content (AvgIpc) is 3.13. The van der Waals surface area contributed by atoms with Gasteiger partial charge in [0.25, 0.3) is 0 Å². The van der Waals surface area contributed by atoms with Gasteiger partial charge in [-0.1, -0.05) is 6.07 Å². The number of aromatic nitrogens is 1. The molecule has 2 aromatic rings. The number of thiazole rings is 1.